The molecule has 1 amide bonds. The maximum Gasteiger partial charge on any atom is 0.229 e. The highest BCUT2D eigenvalue weighted by atomic mass is 16.2. The summed E-state index contributed by atoms with van der Waals surface area (Å²) in [6.07, 6.45) is 0. The highest BCUT2D eigenvalue weighted by Crippen LogP contribution is 2.18. The van der Waals surface area contributed by atoms with Crippen molar-refractivity contribution in [3.05, 3.63) is 35.9 Å². The van der Waals surface area contributed by atoms with Crippen molar-refractivity contribution in [2.75, 3.05) is 19.6 Å². The molecular formula is C14H20N2O. The molecule has 0 spiro atoms. The largest absolute Gasteiger partial charge is 0.339 e. The smallest absolute Gasteiger partial charge is 0.229 e. The summed E-state index contributed by atoms with van der Waals surface area (Å²) in [4.78, 5) is 14.3. The average Bonchev–Trinajstić information content (AvgIpc) is 2.38. The number of nitrogens with one attached hydrogen (secondary N) is 1. The number of hydrogen-bond acceptors (Lipinski definition) is 2. The zero-order chi connectivity index (χ0) is 12.3. The van der Waals surface area contributed by atoms with E-state index in [0.717, 1.165) is 25.2 Å². The third-order valence-electron chi connectivity index (χ3n) is 3.35. The molecule has 0 bridgehead atoms. The number of hydrogen-bond donors (Lipinski definition) is 1. The van der Waals surface area contributed by atoms with Crippen LogP contribution < -0.4 is 5.32 Å². The van der Waals surface area contributed by atoms with Gasteiger partial charge >= 0.3 is 0 Å². The van der Waals surface area contributed by atoms with Crippen molar-refractivity contribution in [3.8, 4) is 0 Å². The van der Waals surface area contributed by atoms with Gasteiger partial charge in [-0.3, -0.25) is 4.79 Å². The van der Waals surface area contributed by atoms with Gasteiger partial charge in [-0.2, -0.15) is 0 Å². The number of benzene rings is 1. The summed E-state index contributed by atoms with van der Waals surface area (Å²) in [5.74, 6) is 0.200. The highest BCUT2D eigenvalue weighted by molar-refractivity contribution is 5.83. The molecule has 2 atom stereocenters. The molecule has 1 aliphatic rings. The van der Waals surface area contributed by atoms with E-state index < -0.39 is 0 Å². The van der Waals surface area contributed by atoms with Crippen LogP contribution in [0.15, 0.2) is 30.3 Å². The number of amides is 1. The Morgan fingerprint density at radius 3 is 2.76 bits per heavy atom. The summed E-state index contributed by atoms with van der Waals surface area (Å²) < 4.78 is 0. The van der Waals surface area contributed by atoms with Crippen molar-refractivity contribution >= 4 is 5.91 Å². The minimum absolute atomic E-state index is 0.0403. The second kappa shape index (κ2) is 5.32. The molecule has 1 aromatic rings. The van der Waals surface area contributed by atoms with E-state index in [9.17, 15) is 4.79 Å². The Morgan fingerprint density at radius 2 is 2.12 bits per heavy atom. The van der Waals surface area contributed by atoms with Crippen molar-refractivity contribution in [3.63, 3.8) is 0 Å². The second-order valence-electron chi connectivity index (χ2n) is 4.77. The van der Waals surface area contributed by atoms with Crippen LogP contribution in [-0.4, -0.2) is 36.5 Å². The first-order valence-electron chi connectivity index (χ1n) is 6.25. The molecule has 2 rings (SSSR count). The molecule has 0 radical (unpaired) electrons. The molecule has 1 unspecified atom stereocenters. The standard InChI is InChI=1S/C14H20N2O/c1-11-10-16(9-8-15-11)14(17)12(2)13-6-4-3-5-7-13/h3-7,11-12,15H,8-10H2,1-2H3/t11-,12?/m1/s1. The second-order valence-corrected chi connectivity index (χ2v) is 4.77. The Bertz CT molecular complexity index is 377. The van der Waals surface area contributed by atoms with Gasteiger partial charge in [-0.25, -0.2) is 0 Å². The minimum atomic E-state index is -0.0403. The van der Waals surface area contributed by atoms with Crippen LogP contribution in [-0.2, 0) is 4.79 Å². The van der Waals surface area contributed by atoms with Gasteiger partial charge < -0.3 is 10.2 Å². The third kappa shape index (κ3) is 2.86. The van der Waals surface area contributed by atoms with Gasteiger partial charge in [0.25, 0.3) is 0 Å². The molecule has 0 saturated carbocycles. The molecule has 17 heavy (non-hydrogen) atoms. The summed E-state index contributed by atoms with van der Waals surface area (Å²) >= 11 is 0. The van der Waals surface area contributed by atoms with E-state index in [0.29, 0.717) is 6.04 Å². The summed E-state index contributed by atoms with van der Waals surface area (Å²) in [5, 5.41) is 3.35. The number of rotatable bonds is 2. The predicted molar refractivity (Wildman–Crippen MR) is 68.9 cm³/mol. The van der Waals surface area contributed by atoms with Crippen molar-refractivity contribution in [1.29, 1.82) is 0 Å². The maximum absolute atomic E-state index is 12.3. The van der Waals surface area contributed by atoms with Gasteiger partial charge in [-0.05, 0) is 19.4 Å². The van der Waals surface area contributed by atoms with Crippen LogP contribution in [0.4, 0.5) is 0 Å². The molecule has 1 N–H and O–H groups in total. The quantitative estimate of drug-likeness (QED) is 0.840. The fraction of sp³-hybridized carbons (Fsp3) is 0.500. The summed E-state index contributed by atoms with van der Waals surface area (Å²) in [6, 6.07) is 10.4. The molecule has 1 fully saturated rings. The average molecular weight is 232 g/mol. The maximum atomic E-state index is 12.3. The van der Waals surface area contributed by atoms with Crippen molar-refractivity contribution in [1.82, 2.24) is 10.2 Å². The van der Waals surface area contributed by atoms with Crippen LogP contribution in [0.2, 0.25) is 0 Å². The van der Waals surface area contributed by atoms with Crippen LogP contribution >= 0.6 is 0 Å². The van der Waals surface area contributed by atoms with Crippen LogP contribution in [0.1, 0.15) is 25.3 Å². The van der Waals surface area contributed by atoms with Gasteiger partial charge in [0.2, 0.25) is 5.91 Å². The van der Waals surface area contributed by atoms with E-state index in [1.165, 1.54) is 0 Å². The van der Waals surface area contributed by atoms with Gasteiger partial charge in [-0.15, -0.1) is 0 Å². The Hall–Kier alpha value is -1.35. The van der Waals surface area contributed by atoms with E-state index in [-0.39, 0.29) is 11.8 Å². The van der Waals surface area contributed by atoms with Gasteiger partial charge in [-0.1, -0.05) is 30.3 Å². The van der Waals surface area contributed by atoms with Crippen molar-refractivity contribution < 1.29 is 4.79 Å². The van der Waals surface area contributed by atoms with E-state index in [4.69, 9.17) is 0 Å². The third-order valence-corrected chi connectivity index (χ3v) is 3.35. The summed E-state index contributed by atoms with van der Waals surface area (Å²) in [6.45, 7) is 6.64. The normalized spacial score (nSPS) is 22.2. The Kier molecular flexibility index (Phi) is 3.79. The zero-order valence-corrected chi connectivity index (χ0v) is 10.5. The van der Waals surface area contributed by atoms with Gasteiger partial charge in [0.05, 0.1) is 5.92 Å². The van der Waals surface area contributed by atoms with Gasteiger partial charge in [0, 0.05) is 25.7 Å². The van der Waals surface area contributed by atoms with Crippen molar-refractivity contribution in [2.45, 2.75) is 25.8 Å². The Morgan fingerprint density at radius 1 is 1.41 bits per heavy atom. The monoisotopic (exact) mass is 232 g/mol. The number of carbonyl (C=O) groups excluding carboxylic acids is 1. The van der Waals surface area contributed by atoms with Crippen molar-refractivity contribution in [2.24, 2.45) is 0 Å². The SMILES string of the molecule is CC(C(=O)N1CCN[C@H](C)C1)c1ccccc1. The van der Waals surface area contributed by atoms with E-state index in [1.807, 2.05) is 42.2 Å². The Balaban J connectivity index is 2.04. The van der Waals surface area contributed by atoms with Crippen LogP contribution in [0.25, 0.3) is 0 Å². The number of carbonyl (C=O) groups is 1. The molecule has 1 heterocycles. The fourth-order valence-electron chi connectivity index (χ4n) is 2.29. The van der Waals surface area contributed by atoms with Crippen LogP contribution in [0, 0.1) is 0 Å². The molecule has 3 heteroatoms. The van der Waals surface area contributed by atoms with Gasteiger partial charge in [0.1, 0.15) is 0 Å². The predicted octanol–water partition coefficient (Wildman–Crippen LogP) is 1.61. The molecular weight excluding hydrogens is 212 g/mol. The Labute approximate surface area is 103 Å². The van der Waals surface area contributed by atoms with Crippen LogP contribution in [0.3, 0.4) is 0 Å². The minimum Gasteiger partial charge on any atom is -0.339 e. The molecule has 0 aliphatic carbocycles. The van der Waals surface area contributed by atoms with Crippen LogP contribution in [0.5, 0.6) is 0 Å². The lowest BCUT2D eigenvalue weighted by atomic mass is 9.99. The lowest BCUT2D eigenvalue weighted by Gasteiger charge is -2.33. The van der Waals surface area contributed by atoms with E-state index in [1.54, 1.807) is 0 Å². The summed E-state index contributed by atoms with van der Waals surface area (Å²) in [5.41, 5.74) is 1.10. The first kappa shape index (κ1) is 12.1. The number of nitrogens with zero attached hydrogens (tertiary/aromatic N) is 1. The summed E-state index contributed by atoms with van der Waals surface area (Å²) in [7, 11) is 0. The lowest BCUT2D eigenvalue weighted by Crippen LogP contribution is -2.52. The van der Waals surface area contributed by atoms with Gasteiger partial charge in [0.15, 0.2) is 0 Å². The molecule has 1 saturated heterocycles. The molecule has 92 valence electrons. The topological polar surface area (TPSA) is 32.3 Å². The fourth-order valence-corrected chi connectivity index (χ4v) is 2.29. The number of piperazine rings is 1. The zero-order valence-electron chi connectivity index (χ0n) is 10.5. The molecule has 0 aromatic heterocycles. The lowest BCUT2D eigenvalue weighted by molar-refractivity contribution is -0.133. The first-order chi connectivity index (χ1) is 8.18. The van der Waals surface area contributed by atoms with E-state index in [2.05, 4.69) is 12.2 Å². The van der Waals surface area contributed by atoms with E-state index >= 15 is 0 Å². The highest BCUT2D eigenvalue weighted by Gasteiger charge is 2.25. The first-order valence-corrected chi connectivity index (χ1v) is 6.25. The molecule has 1 aliphatic heterocycles. The molecule has 1 aromatic carbocycles. The molecule has 3 nitrogen and oxygen atoms in total.